The molecule has 0 bridgehead atoms. The van der Waals surface area contributed by atoms with Crippen molar-refractivity contribution >= 4 is 17.5 Å². The Bertz CT molecular complexity index is 433. The van der Waals surface area contributed by atoms with Crippen LogP contribution >= 0.6 is 11.6 Å². The average Bonchev–Trinajstić information content (AvgIpc) is 2.85. The highest BCUT2D eigenvalue weighted by Gasteiger charge is 2.16. The molecule has 1 fully saturated rings. The summed E-state index contributed by atoms with van der Waals surface area (Å²) < 4.78 is 18.8. The number of hydrogen-bond donors (Lipinski definition) is 1. The number of rotatable bonds is 4. The fourth-order valence-electron chi connectivity index (χ4n) is 1.99. The fraction of sp³-hybridized carbons (Fsp3) is 0.462. The van der Waals surface area contributed by atoms with E-state index in [0.29, 0.717) is 11.6 Å². The van der Waals surface area contributed by atoms with Crippen LogP contribution in [-0.4, -0.2) is 25.2 Å². The zero-order chi connectivity index (χ0) is 13.0. The van der Waals surface area contributed by atoms with Crippen molar-refractivity contribution in [3.05, 3.63) is 34.6 Å². The third-order valence-electron chi connectivity index (χ3n) is 2.95. The molecule has 0 aromatic heterocycles. The van der Waals surface area contributed by atoms with Crippen LogP contribution < -0.4 is 5.32 Å². The Morgan fingerprint density at radius 2 is 2.39 bits per heavy atom. The minimum atomic E-state index is -0.561. The molecule has 0 unspecified atom stereocenters. The van der Waals surface area contributed by atoms with Gasteiger partial charge < -0.3 is 10.1 Å². The van der Waals surface area contributed by atoms with E-state index >= 15 is 0 Å². The Hall–Kier alpha value is -1.13. The van der Waals surface area contributed by atoms with Gasteiger partial charge in [0.1, 0.15) is 5.82 Å². The normalized spacial score (nSPS) is 18.9. The summed E-state index contributed by atoms with van der Waals surface area (Å²) in [5, 5.41) is 3.02. The summed E-state index contributed by atoms with van der Waals surface area (Å²) in [6, 6.07) is 3.94. The van der Waals surface area contributed by atoms with Crippen molar-refractivity contribution in [3.8, 4) is 0 Å². The Kier molecular flexibility index (Phi) is 4.55. The number of benzene rings is 1. The molecule has 18 heavy (non-hydrogen) atoms. The van der Waals surface area contributed by atoms with Gasteiger partial charge in [-0.25, -0.2) is 4.39 Å². The van der Waals surface area contributed by atoms with Crippen molar-refractivity contribution in [2.45, 2.75) is 25.4 Å². The monoisotopic (exact) mass is 271 g/mol. The Morgan fingerprint density at radius 1 is 1.56 bits per heavy atom. The SMILES string of the molecule is O=C(NCC[C@@H]1CCCO1)c1cc(Cl)ccc1F. The molecule has 98 valence electrons. The lowest BCUT2D eigenvalue weighted by Crippen LogP contribution is -2.27. The predicted molar refractivity (Wildman–Crippen MR) is 67.3 cm³/mol. The summed E-state index contributed by atoms with van der Waals surface area (Å²) in [7, 11) is 0. The second-order valence-electron chi connectivity index (χ2n) is 4.30. The minimum absolute atomic E-state index is 0.0187. The maximum atomic E-state index is 13.4. The highest BCUT2D eigenvalue weighted by atomic mass is 35.5. The standard InChI is InChI=1S/C13H15ClFNO2/c14-9-3-4-12(15)11(8-9)13(17)16-6-5-10-2-1-7-18-10/h3-4,8,10H,1-2,5-7H2,(H,16,17)/t10-/m0/s1. The van der Waals surface area contributed by atoms with E-state index in [-0.39, 0.29) is 11.7 Å². The van der Waals surface area contributed by atoms with E-state index < -0.39 is 11.7 Å². The number of amides is 1. The molecule has 2 rings (SSSR count). The number of halogens is 2. The molecule has 1 aliphatic heterocycles. The molecular weight excluding hydrogens is 257 g/mol. The van der Waals surface area contributed by atoms with Gasteiger partial charge in [-0.05, 0) is 37.5 Å². The summed E-state index contributed by atoms with van der Waals surface area (Å²) in [5.74, 6) is -0.998. The van der Waals surface area contributed by atoms with Crippen LogP contribution in [0.3, 0.4) is 0 Å². The average molecular weight is 272 g/mol. The van der Waals surface area contributed by atoms with Gasteiger partial charge in [-0.2, -0.15) is 0 Å². The van der Waals surface area contributed by atoms with Crippen molar-refractivity contribution in [2.75, 3.05) is 13.2 Å². The molecule has 1 saturated heterocycles. The van der Waals surface area contributed by atoms with Crippen molar-refractivity contribution in [3.63, 3.8) is 0 Å². The van der Waals surface area contributed by atoms with Gasteiger partial charge in [-0.1, -0.05) is 11.6 Å². The lowest BCUT2D eigenvalue weighted by molar-refractivity contribution is 0.0904. The topological polar surface area (TPSA) is 38.3 Å². The number of ether oxygens (including phenoxy) is 1. The largest absolute Gasteiger partial charge is 0.378 e. The van der Waals surface area contributed by atoms with E-state index in [0.717, 1.165) is 25.9 Å². The van der Waals surface area contributed by atoms with Gasteiger partial charge >= 0.3 is 0 Å². The van der Waals surface area contributed by atoms with E-state index in [2.05, 4.69) is 5.32 Å². The summed E-state index contributed by atoms with van der Waals surface area (Å²) >= 11 is 5.73. The summed E-state index contributed by atoms with van der Waals surface area (Å²) in [4.78, 5) is 11.7. The predicted octanol–water partition coefficient (Wildman–Crippen LogP) is 2.78. The van der Waals surface area contributed by atoms with E-state index in [9.17, 15) is 9.18 Å². The van der Waals surface area contributed by atoms with E-state index in [4.69, 9.17) is 16.3 Å². The lowest BCUT2D eigenvalue weighted by atomic mass is 10.1. The summed E-state index contributed by atoms with van der Waals surface area (Å²) in [6.45, 7) is 1.27. The van der Waals surface area contributed by atoms with E-state index in [1.54, 1.807) is 0 Å². The first-order valence-corrected chi connectivity index (χ1v) is 6.39. The minimum Gasteiger partial charge on any atom is -0.378 e. The third-order valence-corrected chi connectivity index (χ3v) is 3.18. The molecule has 1 amide bonds. The zero-order valence-corrected chi connectivity index (χ0v) is 10.7. The number of carbonyl (C=O) groups excluding carboxylic acids is 1. The highest BCUT2D eigenvalue weighted by molar-refractivity contribution is 6.30. The number of nitrogens with one attached hydrogen (secondary N) is 1. The van der Waals surface area contributed by atoms with Crippen LogP contribution in [0.5, 0.6) is 0 Å². The molecule has 1 atom stereocenters. The molecule has 0 spiro atoms. The molecule has 1 heterocycles. The lowest BCUT2D eigenvalue weighted by Gasteiger charge is -2.10. The molecular formula is C13H15ClFNO2. The van der Waals surface area contributed by atoms with Gasteiger partial charge in [-0.15, -0.1) is 0 Å². The van der Waals surface area contributed by atoms with E-state index in [1.165, 1.54) is 18.2 Å². The quantitative estimate of drug-likeness (QED) is 0.914. The van der Waals surface area contributed by atoms with Gasteiger partial charge in [0.25, 0.3) is 5.91 Å². The maximum absolute atomic E-state index is 13.4. The first kappa shape index (κ1) is 13.3. The Balaban J connectivity index is 1.85. The first-order chi connectivity index (χ1) is 8.66. The van der Waals surface area contributed by atoms with Crippen LogP contribution in [0.4, 0.5) is 4.39 Å². The van der Waals surface area contributed by atoms with Gasteiger partial charge in [0.2, 0.25) is 0 Å². The second kappa shape index (κ2) is 6.16. The summed E-state index contributed by atoms with van der Waals surface area (Å²) in [6.07, 6.45) is 3.08. The Morgan fingerprint density at radius 3 is 3.11 bits per heavy atom. The zero-order valence-electron chi connectivity index (χ0n) is 9.92. The van der Waals surface area contributed by atoms with Crippen molar-refractivity contribution < 1.29 is 13.9 Å². The highest BCUT2D eigenvalue weighted by Crippen LogP contribution is 2.16. The molecule has 0 saturated carbocycles. The van der Waals surface area contributed by atoms with Gasteiger partial charge in [-0.3, -0.25) is 4.79 Å². The van der Waals surface area contributed by atoms with Crippen LogP contribution in [0.2, 0.25) is 5.02 Å². The van der Waals surface area contributed by atoms with E-state index in [1.807, 2.05) is 0 Å². The molecule has 1 aromatic rings. The molecule has 0 aliphatic carbocycles. The van der Waals surface area contributed by atoms with Crippen LogP contribution in [0.15, 0.2) is 18.2 Å². The Labute approximate surface area is 110 Å². The van der Waals surface area contributed by atoms with Gasteiger partial charge in [0, 0.05) is 18.2 Å². The number of carbonyl (C=O) groups is 1. The molecule has 3 nitrogen and oxygen atoms in total. The van der Waals surface area contributed by atoms with Gasteiger partial charge in [0.15, 0.2) is 0 Å². The fourth-order valence-corrected chi connectivity index (χ4v) is 2.16. The van der Waals surface area contributed by atoms with Gasteiger partial charge in [0.05, 0.1) is 11.7 Å². The molecule has 5 heteroatoms. The second-order valence-corrected chi connectivity index (χ2v) is 4.74. The van der Waals surface area contributed by atoms with Crippen molar-refractivity contribution in [1.29, 1.82) is 0 Å². The smallest absolute Gasteiger partial charge is 0.254 e. The number of hydrogen-bond acceptors (Lipinski definition) is 2. The van der Waals surface area contributed by atoms with Crippen molar-refractivity contribution in [2.24, 2.45) is 0 Å². The van der Waals surface area contributed by atoms with Crippen molar-refractivity contribution in [1.82, 2.24) is 5.32 Å². The van der Waals surface area contributed by atoms with Crippen LogP contribution in [-0.2, 0) is 4.74 Å². The third kappa shape index (κ3) is 3.43. The molecule has 0 radical (unpaired) electrons. The molecule has 1 aromatic carbocycles. The first-order valence-electron chi connectivity index (χ1n) is 6.01. The molecule has 1 N–H and O–H groups in total. The maximum Gasteiger partial charge on any atom is 0.254 e. The van der Waals surface area contributed by atoms with Crippen LogP contribution in [0.1, 0.15) is 29.6 Å². The van der Waals surface area contributed by atoms with Crippen LogP contribution in [0.25, 0.3) is 0 Å². The summed E-state index contributed by atoms with van der Waals surface area (Å²) in [5.41, 5.74) is -0.0187. The van der Waals surface area contributed by atoms with Crippen LogP contribution in [0, 0.1) is 5.82 Å². The molecule has 1 aliphatic rings.